The topological polar surface area (TPSA) is 57.6 Å². The Labute approximate surface area is 155 Å². The summed E-state index contributed by atoms with van der Waals surface area (Å²) in [7, 11) is 0. The number of hydrogen-bond donors (Lipinski definition) is 1. The Morgan fingerprint density at radius 2 is 1.78 bits per heavy atom. The first kappa shape index (κ1) is 20.5. The lowest BCUT2D eigenvalue weighted by Crippen LogP contribution is -2.46. The number of benzene rings is 2. The molecule has 0 fully saturated rings. The SMILES string of the molecule is CCC(C(=O)O)N(C(=O)Cc1cccc(C(F)(F)F)c1)c1ccccc1C. The number of para-hydroxylation sites is 1. The number of alkyl halides is 3. The van der Waals surface area contributed by atoms with Crippen molar-refractivity contribution in [2.24, 2.45) is 0 Å². The van der Waals surface area contributed by atoms with Gasteiger partial charge in [-0.2, -0.15) is 13.2 Å². The Hall–Kier alpha value is -2.83. The molecule has 4 nitrogen and oxygen atoms in total. The Balaban J connectivity index is 2.40. The maximum atomic E-state index is 12.9. The van der Waals surface area contributed by atoms with E-state index in [1.165, 1.54) is 12.1 Å². The Bertz CT molecular complexity index is 833. The Kier molecular flexibility index (Phi) is 6.25. The molecule has 0 aromatic heterocycles. The summed E-state index contributed by atoms with van der Waals surface area (Å²) >= 11 is 0. The van der Waals surface area contributed by atoms with Crippen LogP contribution in [0.3, 0.4) is 0 Å². The predicted molar refractivity (Wildman–Crippen MR) is 95.5 cm³/mol. The van der Waals surface area contributed by atoms with Crippen LogP contribution in [0.4, 0.5) is 18.9 Å². The molecule has 1 N–H and O–H groups in total. The number of nitrogens with zero attached hydrogens (tertiary/aromatic N) is 1. The van der Waals surface area contributed by atoms with Gasteiger partial charge in [0.25, 0.3) is 0 Å². The monoisotopic (exact) mass is 379 g/mol. The van der Waals surface area contributed by atoms with Crippen molar-refractivity contribution in [3.05, 3.63) is 65.2 Å². The van der Waals surface area contributed by atoms with Crippen molar-refractivity contribution in [3.8, 4) is 0 Å². The molecule has 0 spiro atoms. The minimum atomic E-state index is -4.51. The molecule has 7 heteroatoms. The highest BCUT2D eigenvalue weighted by atomic mass is 19.4. The van der Waals surface area contributed by atoms with Crippen LogP contribution < -0.4 is 4.90 Å². The van der Waals surface area contributed by atoms with E-state index in [1.807, 2.05) is 0 Å². The van der Waals surface area contributed by atoms with Gasteiger partial charge in [-0.05, 0) is 36.6 Å². The minimum Gasteiger partial charge on any atom is -0.480 e. The van der Waals surface area contributed by atoms with Gasteiger partial charge in [0.1, 0.15) is 6.04 Å². The molecule has 2 rings (SSSR count). The van der Waals surface area contributed by atoms with E-state index >= 15 is 0 Å². The number of carbonyl (C=O) groups excluding carboxylic acids is 1. The Morgan fingerprint density at radius 3 is 2.33 bits per heavy atom. The van der Waals surface area contributed by atoms with Crippen LogP contribution in [0.1, 0.15) is 30.0 Å². The van der Waals surface area contributed by atoms with Crippen molar-refractivity contribution >= 4 is 17.6 Å². The third-order valence-corrected chi connectivity index (χ3v) is 4.24. The van der Waals surface area contributed by atoms with Crippen molar-refractivity contribution < 1.29 is 27.9 Å². The quantitative estimate of drug-likeness (QED) is 0.807. The summed E-state index contributed by atoms with van der Waals surface area (Å²) in [4.78, 5) is 25.7. The molecule has 0 saturated carbocycles. The standard InChI is InChI=1S/C20H20F3NO3/c1-3-16(19(26)27)24(17-10-5-4-7-13(17)2)18(25)12-14-8-6-9-15(11-14)20(21,22)23/h4-11,16H,3,12H2,1-2H3,(H,26,27). The number of aryl methyl sites for hydroxylation is 1. The molecule has 27 heavy (non-hydrogen) atoms. The van der Waals surface area contributed by atoms with Crippen LogP contribution in [-0.2, 0) is 22.2 Å². The fraction of sp³-hybridized carbons (Fsp3) is 0.300. The molecule has 1 unspecified atom stereocenters. The van der Waals surface area contributed by atoms with Crippen LogP contribution in [0.15, 0.2) is 48.5 Å². The van der Waals surface area contributed by atoms with E-state index in [0.29, 0.717) is 11.3 Å². The van der Waals surface area contributed by atoms with Gasteiger partial charge in [-0.15, -0.1) is 0 Å². The van der Waals surface area contributed by atoms with Gasteiger partial charge >= 0.3 is 12.1 Å². The van der Waals surface area contributed by atoms with Gasteiger partial charge in [0.05, 0.1) is 12.0 Å². The van der Waals surface area contributed by atoms with Crippen molar-refractivity contribution in [2.75, 3.05) is 4.90 Å². The third kappa shape index (κ3) is 4.87. The lowest BCUT2D eigenvalue weighted by atomic mass is 10.0. The summed E-state index contributed by atoms with van der Waals surface area (Å²) in [6.07, 6.45) is -4.68. The smallest absolute Gasteiger partial charge is 0.416 e. The molecule has 1 amide bonds. The Morgan fingerprint density at radius 1 is 1.11 bits per heavy atom. The zero-order valence-electron chi connectivity index (χ0n) is 15.0. The van der Waals surface area contributed by atoms with Gasteiger partial charge in [-0.25, -0.2) is 4.79 Å². The number of hydrogen-bond acceptors (Lipinski definition) is 2. The van der Waals surface area contributed by atoms with Crippen LogP contribution in [-0.4, -0.2) is 23.0 Å². The summed E-state index contributed by atoms with van der Waals surface area (Å²) in [5, 5.41) is 9.52. The first-order valence-electron chi connectivity index (χ1n) is 8.41. The van der Waals surface area contributed by atoms with Crippen LogP contribution >= 0.6 is 0 Å². The zero-order chi connectivity index (χ0) is 20.2. The molecule has 0 heterocycles. The molecular formula is C20H20F3NO3. The van der Waals surface area contributed by atoms with Crippen LogP contribution in [0.25, 0.3) is 0 Å². The van der Waals surface area contributed by atoms with Crippen molar-refractivity contribution in [3.63, 3.8) is 0 Å². The molecule has 0 saturated heterocycles. The van der Waals surface area contributed by atoms with Crippen LogP contribution in [0.2, 0.25) is 0 Å². The largest absolute Gasteiger partial charge is 0.480 e. The maximum Gasteiger partial charge on any atom is 0.416 e. The molecule has 0 bridgehead atoms. The maximum absolute atomic E-state index is 12.9. The van der Waals surface area contributed by atoms with E-state index in [-0.39, 0.29) is 18.4 Å². The summed E-state index contributed by atoms with van der Waals surface area (Å²) in [5.74, 6) is -1.74. The summed E-state index contributed by atoms with van der Waals surface area (Å²) in [5.41, 5.74) is 0.465. The first-order chi connectivity index (χ1) is 12.6. The fourth-order valence-corrected chi connectivity index (χ4v) is 2.89. The van der Waals surface area contributed by atoms with E-state index in [0.717, 1.165) is 17.0 Å². The number of anilines is 1. The molecule has 144 valence electrons. The number of carboxylic acid groups (broad SMARTS) is 1. The highest BCUT2D eigenvalue weighted by Crippen LogP contribution is 2.30. The van der Waals surface area contributed by atoms with Crippen molar-refractivity contribution in [1.82, 2.24) is 0 Å². The number of halogens is 3. The highest BCUT2D eigenvalue weighted by Gasteiger charge is 2.32. The van der Waals surface area contributed by atoms with Gasteiger partial charge in [0.2, 0.25) is 5.91 Å². The van der Waals surface area contributed by atoms with Crippen molar-refractivity contribution in [2.45, 2.75) is 38.9 Å². The van der Waals surface area contributed by atoms with E-state index in [1.54, 1.807) is 38.1 Å². The number of rotatable bonds is 6. The second-order valence-corrected chi connectivity index (χ2v) is 6.19. The van der Waals surface area contributed by atoms with E-state index < -0.39 is 29.7 Å². The summed E-state index contributed by atoms with van der Waals surface area (Å²) in [6.45, 7) is 3.38. The fourth-order valence-electron chi connectivity index (χ4n) is 2.89. The van der Waals surface area contributed by atoms with Crippen LogP contribution in [0, 0.1) is 6.92 Å². The summed E-state index contributed by atoms with van der Waals surface area (Å²) in [6, 6.07) is 10.2. The van der Waals surface area contributed by atoms with Gasteiger partial charge < -0.3 is 5.11 Å². The molecular weight excluding hydrogens is 359 g/mol. The average molecular weight is 379 g/mol. The second-order valence-electron chi connectivity index (χ2n) is 6.19. The lowest BCUT2D eigenvalue weighted by molar-refractivity contribution is -0.140. The van der Waals surface area contributed by atoms with Crippen molar-refractivity contribution in [1.29, 1.82) is 0 Å². The number of carbonyl (C=O) groups is 2. The highest BCUT2D eigenvalue weighted by molar-refractivity contribution is 6.00. The number of amides is 1. The van der Waals surface area contributed by atoms with Crippen LogP contribution in [0.5, 0.6) is 0 Å². The van der Waals surface area contributed by atoms with E-state index in [9.17, 15) is 27.9 Å². The van der Waals surface area contributed by atoms with Gasteiger partial charge in [0.15, 0.2) is 0 Å². The first-order valence-corrected chi connectivity index (χ1v) is 8.41. The van der Waals surface area contributed by atoms with Gasteiger partial charge in [-0.1, -0.05) is 43.3 Å². The lowest BCUT2D eigenvalue weighted by Gasteiger charge is -2.30. The minimum absolute atomic E-state index is 0.165. The number of aliphatic carboxylic acids is 1. The second kappa shape index (κ2) is 8.24. The molecule has 2 aromatic rings. The van der Waals surface area contributed by atoms with E-state index in [4.69, 9.17) is 0 Å². The molecule has 0 radical (unpaired) electrons. The van der Waals surface area contributed by atoms with Gasteiger partial charge in [-0.3, -0.25) is 9.69 Å². The molecule has 0 aliphatic heterocycles. The third-order valence-electron chi connectivity index (χ3n) is 4.24. The molecule has 2 aromatic carbocycles. The zero-order valence-corrected chi connectivity index (χ0v) is 15.0. The summed E-state index contributed by atoms with van der Waals surface area (Å²) < 4.78 is 38.7. The normalized spacial score (nSPS) is 12.5. The molecule has 1 atom stereocenters. The predicted octanol–water partition coefficient (Wildman–Crippen LogP) is 4.45. The molecule has 0 aliphatic rings. The number of carboxylic acids is 1. The van der Waals surface area contributed by atoms with E-state index in [2.05, 4.69) is 0 Å². The molecule has 0 aliphatic carbocycles. The van der Waals surface area contributed by atoms with Gasteiger partial charge in [0, 0.05) is 5.69 Å². The average Bonchev–Trinajstić information content (AvgIpc) is 2.59.